The van der Waals surface area contributed by atoms with Gasteiger partial charge in [0.25, 0.3) is 5.91 Å². The molecule has 12 heteroatoms. The third-order valence-electron chi connectivity index (χ3n) is 5.57. The fourth-order valence-corrected chi connectivity index (χ4v) is 3.81. The molecule has 2 aromatic heterocycles. The number of pyridine rings is 1. The van der Waals surface area contributed by atoms with E-state index in [-0.39, 0.29) is 29.9 Å². The zero-order valence-electron chi connectivity index (χ0n) is 22.9. The molecule has 2 amide bonds. The molecule has 0 saturated carbocycles. The summed E-state index contributed by atoms with van der Waals surface area (Å²) in [6.07, 6.45) is 2.16. The van der Waals surface area contributed by atoms with Gasteiger partial charge in [0, 0.05) is 18.4 Å². The Morgan fingerprint density at radius 1 is 1.38 bits per heavy atom. The van der Waals surface area contributed by atoms with Crippen LogP contribution in [0.5, 0.6) is 0 Å². The number of carbonyl (C=O) groups excluding carboxylic acids is 2. The van der Waals surface area contributed by atoms with Crippen LogP contribution in [0.1, 0.15) is 73.0 Å². The Balaban J connectivity index is 2.20. The lowest BCUT2D eigenvalue weighted by atomic mass is 10.1. The molecule has 2 heterocycles. The minimum atomic E-state index is -0.651. The van der Waals surface area contributed by atoms with Crippen molar-refractivity contribution in [2.75, 3.05) is 5.32 Å². The summed E-state index contributed by atoms with van der Waals surface area (Å²) in [4.78, 5) is 32.9. The maximum absolute atomic E-state index is 14.1. The number of ether oxygens (including phenoxy) is 1. The van der Waals surface area contributed by atoms with Gasteiger partial charge in [-0.3, -0.25) is 19.8 Å². The summed E-state index contributed by atoms with van der Waals surface area (Å²) in [7, 11) is 0. The first-order valence-electron chi connectivity index (χ1n) is 12.1. The van der Waals surface area contributed by atoms with Crippen LogP contribution in [0.4, 0.5) is 15.0 Å². The molecule has 2 atom stereocenters. The molecule has 2 N–H and O–H groups in total. The predicted octanol–water partition coefficient (Wildman–Crippen LogP) is 5.67. The second-order valence-electron chi connectivity index (χ2n) is 9.82. The van der Waals surface area contributed by atoms with E-state index in [1.54, 1.807) is 40.7 Å². The summed E-state index contributed by atoms with van der Waals surface area (Å²) in [5.74, 6) is -0.856. The summed E-state index contributed by atoms with van der Waals surface area (Å²) >= 11 is 6.32. The van der Waals surface area contributed by atoms with E-state index in [1.165, 1.54) is 17.0 Å². The van der Waals surface area contributed by atoms with Crippen molar-refractivity contribution in [3.8, 4) is 6.07 Å². The minimum absolute atomic E-state index is 0.0490. The summed E-state index contributed by atoms with van der Waals surface area (Å²) in [5.41, 5.74) is 1.31. The van der Waals surface area contributed by atoms with Gasteiger partial charge in [0.15, 0.2) is 5.69 Å². The molecule has 0 aliphatic carbocycles. The Bertz CT molecular complexity index is 1310. The van der Waals surface area contributed by atoms with E-state index in [4.69, 9.17) is 16.3 Å². The molecule has 0 aliphatic rings. The number of rotatable bonds is 10. The average molecular weight is 558 g/mol. The molecule has 39 heavy (non-hydrogen) atoms. The summed E-state index contributed by atoms with van der Waals surface area (Å²) in [6.45, 7) is 17.4. The molecule has 0 spiro atoms. The van der Waals surface area contributed by atoms with Crippen molar-refractivity contribution in [1.29, 1.82) is 5.26 Å². The normalized spacial score (nSPS) is 13.2. The first-order chi connectivity index (χ1) is 18.2. The van der Waals surface area contributed by atoms with E-state index in [9.17, 15) is 19.2 Å². The van der Waals surface area contributed by atoms with Crippen molar-refractivity contribution in [2.24, 2.45) is 4.99 Å². The molecular formula is C27H33ClFN7O3. The van der Waals surface area contributed by atoms with Gasteiger partial charge in [0.2, 0.25) is 0 Å². The van der Waals surface area contributed by atoms with Crippen LogP contribution in [0.2, 0.25) is 0 Å². The Labute approximate surface area is 232 Å². The number of carbonyl (C=O) groups is 2. The van der Waals surface area contributed by atoms with Gasteiger partial charge in [-0.15, -0.1) is 11.6 Å². The van der Waals surface area contributed by atoms with E-state index in [1.807, 2.05) is 13.0 Å². The first kappa shape index (κ1) is 31.2. The van der Waals surface area contributed by atoms with E-state index in [0.29, 0.717) is 11.5 Å². The lowest BCUT2D eigenvalue weighted by Crippen LogP contribution is -2.28. The Kier molecular flexibility index (Phi) is 10.5. The molecule has 0 aliphatic heterocycles. The van der Waals surface area contributed by atoms with Crippen LogP contribution < -0.4 is 10.6 Å². The smallest absolute Gasteiger partial charge is 0.413 e. The van der Waals surface area contributed by atoms with Crippen molar-refractivity contribution in [3.63, 3.8) is 0 Å². The van der Waals surface area contributed by atoms with Crippen molar-refractivity contribution < 1.29 is 18.7 Å². The van der Waals surface area contributed by atoms with Crippen LogP contribution in [0, 0.1) is 25.2 Å². The van der Waals surface area contributed by atoms with Crippen molar-refractivity contribution in [1.82, 2.24) is 20.1 Å². The van der Waals surface area contributed by atoms with Gasteiger partial charge in [-0.25, -0.2) is 14.2 Å². The number of aryl methyl sites for hydroxylation is 2. The number of nitrogens with one attached hydrogen (secondary N) is 2. The minimum Gasteiger partial charge on any atom is -0.444 e. The average Bonchev–Trinajstić information content (AvgIpc) is 3.25. The maximum Gasteiger partial charge on any atom is 0.413 e. The molecule has 0 radical (unpaired) electrons. The van der Waals surface area contributed by atoms with E-state index in [2.05, 4.69) is 39.0 Å². The largest absolute Gasteiger partial charge is 0.444 e. The number of nitrogens with zero attached hydrogens (tertiary/aromatic N) is 5. The zero-order valence-corrected chi connectivity index (χ0v) is 23.7. The standard InChI is InChI=1S/C27H33ClFN7O3/c1-15-11-24(34-26(38)39-27(5,6)7)33-17(3)19(15)13-32-25(37)20-14-36(35-22(20)12-30)23(16(2)28)10-9-21(29)18(4)31-8/h9,11,14,16,23H,4,8,10,13H2,1-3,5-7H3,(H,32,37)(H,33,34,38)/b21-9+/t16?,23-/m1/s1. The van der Waals surface area contributed by atoms with Crippen molar-refractivity contribution >= 4 is 36.1 Å². The third kappa shape index (κ3) is 8.75. The third-order valence-corrected chi connectivity index (χ3v) is 5.86. The quantitative estimate of drug-likeness (QED) is 0.219. The van der Waals surface area contributed by atoms with Gasteiger partial charge < -0.3 is 10.1 Å². The number of aliphatic imine (C=N–C) groups is 1. The first-order valence-corrected chi connectivity index (χ1v) is 12.5. The highest BCUT2D eigenvalue weighted by atomic mass is 35.5. The number of nitriles is 1. The molecule has 2 aromatic rings. The summed E-state index contributed by atoms with van der Waals surface area (Å²) < 4.78 is 20.7. The Hall–Kier alpha value is -4.04. The highest BCUT2D eigenvalue weighted by Crippen LogP contribution is 2.25. The van der Waals surface area contributed by atoms with Crippen LogP contribution in [0.3, 0.4) is 0 Å². The highest BCUT2D eigenvalue weighted by molar-refractivity contribution is 6.20. The van der Waals surface area contributed by atoms with Crippen molar-refractivity contribution in [2.45, 2.75) is 71.5 Å². The maximum atomic E-state index is 14.1. The molecule has 0 aromatic carbocycles. The van der Waals surface area contributed by atoms with Gasteiger partial charge in [-0.2, -0.15) is 10.4 Å². The SMILES string of the molecule is C=NC(=C)/C(F)=C\C[C@H](C(C)Cl)n1cc(C(=O)NCc2c(C)cc(NC(=O)OC(C)(C)C)nc2C)c(C#N)n1. The summed E-state index contributed by atoms with van der Waals surface area (Å²) in [6, 6.07) is 3.04. The topological polar surface area (TPSA) is 134 Å². The monoisotopic (exact) mass is 557 g/mol. The van der Waals surface area contributed by atoms with Gasteiger partial charge >= 0.3 is 6.09 Å². The molecule has 208 valence electrons. The molecule has 0 saturated heterocycles. The van der Waals surface area contributed by atoms with Crippen molar-refractivity contribution in [3.05, 3.63) is 64.5 Å². The van der Waals surface area contributed by atoms with Gasteiger partial charge in [-0.1, -0.05) is 6.58 Å². The number of hydrogen-bond acceptors (Lipinski definition) is 7. The van der Waals surface area contributed by atoms with Gasteiger partial charge in [-0.05, 0) is 78.0 Å². The number of amides is 2. The van der Waals surface area contributed by atoms with Crippen LogP contribution in [0.15, 0.2) is 41.4 Å². The van der Waals surface area contributed by atoms with Gasteiger partial charge in [0.05, 0.1) is 22.7 Å². The highest BCUT2D eigenvalue weighted by Gasteiger charge is 2.24. The molecule has 10 nitrogen and oxygen atoms in total. The number of aromatic nitrogens is 3. The number of allylic oxidation sites excluding steroid dienone is 2. The predicted molar refractivity (Wildman–Crippen MR) is 149 cm³/mol. The van der Waals surface area contributed by atoms with Crippen LogP contribution in [-0.2, 0) is 11.3 Å². The molecule has 2 rings (SSSR count). The van der Waals surface area contributed by atoms with Crippen LogP contribution >= 0.6 is 11.6 Å². The summed E-state index contributed by atoms with van der Waals surface area (Å²) in [5, 5.41) is 18.7. The molecule has 1 unspecified atom stereocenters. The second kappa shape index (κ2) is 13.2. The fourth-order valence-electron chi connectivity index (χ4n) is 3.60. The van der Waals surface area contributed by atoms with Crippen LogP contribution in [0.25, 0.3) is 0 Å². The van der Waals surface area contributed by atoms with E-state index >= 15 is 0 Å². The fraction of sp³-hybridized carbons (Fsp3) is 0.407. The van der Waals surface area contributed by atoms with Gasteiger partial charge in [0.1, 0.15) is 23.3 Å². The Morgan fingerprint density at radius 3 is 2.59 bits per heavy atom. The number of halogens is 2. The Morgan fingerprint density at radius 2 is 2.05 bits per heavy atom. The zero-order chi connectivity index (χ0) is 29.5. The molecular weight excluding hydrogens is 525 g/mol. The van der Waals surface area contributed by atoms with Crippen LogP contribution in [-0.4, -0.2) is 44.5 Å². The lowest BCUT2D eigenvalue weighted by molar-refractivity contribution is 0.0635. The second-order valence-corrected chi connectivity index (χ2v) is 10.5. The van der Waals surface area contributed by atoms with E-state index < -0.39 is 34.8 Å². The van der Waals surface area contributed by atoms with E-state index in [0.717, 1.165) is 11.1 Å². The number of hydrogen-bond donors (Lipinski definition) is 2. The number of alkyl halides is 1. The molecule has 0 fully saturated rings. The number of anilines is 1. The lowest BCUT2D eigenvalue weighted by Gasteiger charge is -2.20. The molecule has 0 bridgehead atoms.